The molecule has 0 saturated heterocycles. The second-order valence-corrected chi connectivity index (χ2v) is 5.77. The smallest absolute Gasteiger partial charge is 0.151 e. The molecule has 0 atom stereocenters. The van der Waals surface area contributed by atoms with Crippen LogP contribution in [0.5, 0.6) is 0 Å². The summed E-state index contributed by atoms with van der Waals surface area (Å²) in [7, 11) is 0. The minimum Gasteiger partial charge on any atom is -0.370 e. The van der Waals surface area contributed by atoms with E-state index >= 15 is 0 Å². The van der Waals surface area contributed by atoms with Gasteiger partial charge in [0.1, 0.15) is 17.3 Å². The quantitative estimate of drug-likeness (QED) is 0.915. The van der Waals surface area contributed by atoms with Crippen LogP contribution >= 0.6 is 0 Å². The van der Waals surface area contributed by atoms with Crippen molar-refractivity contribution in [2.24, 2.45) is 0 Å². The maximum Gasteiger partial charge on any atom is 0.151 e. The highest BCUT2D eigenvalue weighted by atomic mass is 19.1. The van der Waals surface area contributed by atoms with Gasteiger partial charge in [-0.05, 0) is 44.2 Å². The highest BCUT2D eigenvalue weighted by molar-refractivity contribution is 5.54. The van der Waals surface area contributed by atoms with Gasteiger partial charge in [0.05, 0.1) is 5.69 Å². The van der Waals surface area contributed by atoms with Crippen molar-refractivity contribution in [3.63, 3.8) is 0 Å². The van der Waals surface area contributed by atoms with E-state index < -0.39 is 11.6 Å². The highest BCUT2D eigenvalue weighted by Crippen LogP contribution is 2.30. The summed E-state index contributed by atoms with van der Waals surface area (Å²) < 4.78 is 28.9. The zero-order valence-electron chi connectivity index (χ0n) is 12.8. The number of halogens is 2. The Balaban J connectivity index is 2.08. The van der Waals surface area contributed by atoms with E-state index in [1.54, 1.807) is 4.68 Å². The molecule has 1 aromatic heterocycles. The lowest BCUT2D eigenvalue weighted by molar-refractivity contribution is 0.573. The molecule has 1 aliphatic rings. The molecular weight excluding hydrogens is 284 g/mol. The summed E-state index contributed by atoms with van der Waals surface area (Å²) >= 11 is 0. The van der Waals surface area contributed by atoms with Gasteiger partial charge < -0.3 is 5.32 Å². The van der Waals surface area contributed by atoms with Crippen molar-refractivity contribution >= 4 is 5.82 Å². The van der Waals surface area contributed by atoms with Crippen molar-refractivity contribution < 1.29 is 8.78 Å². The second-order valence-electron chi connectivity index (χ2n) is 5.77. The van der Waals surface area contributed by atoms with Crippen LogP contribution in [-0.2, 0) is 12.8 Å². The number of unbranched alkanes of at least 4 members (excludes halogenated alkanes) is 1. The summed E-state index contributed by atoms with van der Waals surface area (Å²) in [4.78, 5) is 0. The van der Waals surface area contributed by atoms with Crippen molar-refractivity contribution in [1.29, 1.82) is 0 Å². The normalized spacial score (nSPS) is 14.3. The maximum atomic E-state index is 14.1. The average molecular weight is 305 g/mol. The molecule has 0 bridgehead atoms. The van der Waals surface area contributed by atoms with Crippen LogP contribution < -0.4 is 5.32 Å². The van der Waals surface area contributed by atoms with E-state index in [0.29, 0.717) is 5.69 Å². The van der Waals surface area contributed by atoms with E-state index in [2.05, 4.69) is 17.3 Å². The monoisotopic (exact) mass is 305 g/mol. The molecule has 3 rings (SSSR count). The van der Waals surface area contributed by atoms with Crippen LogP contribution in [0.2, 0.25) is 0 Å². The number of anilines is 1. The molecule has 118 valence electrons. The fourth-order valence-corrected chi connectivity index (χ4v) is 2.95. The Hall–Kier alpha value is -1.91. The molecule has 0 unspecified atom stereocenters. The third kappa shape index (κ3) is 2.85. The molecule has 1 aromatic carbocycles. The molecule has 3 nitrogen and oxygen atoms in total. The van der Waals surface area contributed by atoms with E-state index in [9.17, 15) is 8.78 Å². The van der Waals surface area contributed by atoms with E-state index in [4.69, 9.17) is 0 Å². The number of hydrogen-bond acceptors (Lipinski definition) is 2. The number of benzene rings is 1. The summed E-state index contributed by atoms with van der Waals surface area (Å²) in [6.45, 7) is 3.00. The lowest BCUT2D eigenvalue weighted by atomic mass is 10.1. The molecular formula is C17H21F2N3. The highest BCUT2D eigenvalue weighted by Gasteiger charge is 2.21. The summed E-state index contributed by atoms with van der Waals surface area (Å²) in [6, 6.07) is 3.63. The van der Waals surface area contributed by atoms with Crippen LogP contribution in [0.1, 0.15) is 43.9 Å². The van der Waals surface area contributed by atoms with Crippen LogP contribution in [0.15, 0.2) is 18.2 Å². The van der Waals surface area contributed by atoms with E-state index in [1.165, 1.54) is 17.7 Å². The summed E-state index contributed by atoms with van der Waals surface area (Å²) in [5, 5.41) is 7.99. The molecule has 5 heteroatoms. The third-order valence-corrected chi connectivity index (χ3v) is 4.12. The van der Waals surface area contributed by atoms with Crippen LogP contribution in [-0.4, -0.2) is 16.3 Å². The van der Waals surface area contributed by atoms with Crippen molar-refractivity contribution in [3.05, 3.63) is 41.1 Å². The molecule has 2 aromatic rings. The van der Waals surface area contributed by atoms with Gasteiger partial charge in [-0.15, -0.1) is 0 Å². The average Bonchev–Trinajstić information content (AvgIpc) is 2.68. The molecule has 0 fully saturated rings. The van der Waals surface area contributed by atoms with Crippen LogP contribution in [0, 0.1) is 11.6 Å². The van der Waals surface area contributed by atoms with Gasteiger partial charge in [0, 0.05) is 18.2 Å². The first-order valence-electron chi connectivity index (χ1n) is 8.00. The number of rotatable bonds is 4. The van der Waals surface area contributed by atoms with Gasteiger partial charge in [0.25, 0.3) is 0 Å². The van der Waals surface area contributed by atoms with Gasteiger partial charge in [-0.3, -0.25) is 0 Å². The standard InChI is InChI=1S/C17H21F2N3/c1-2-3-7-15-13-6-4-5-10-20-17(13)22(21-15)16-9-8-12(18)11-14(16)19/h8-9,11,20H,2-7,10H2,1H3. The summed E-state index contributed by atoms with van der Waals surface area (Å²) in [6.07, 6.45) is 6.22. The zero-order valence-corrected chi connectivity index (χ0v) is 12.8. The molecule has 0 aliphatic carbocycles. The van der Waals surface area contributed by atoms with Crippen molar-refractivity contribution in [2.75, 3.05) is 11.9 Å². The number of fused-ring (bicyclic) bond motifs is 1. The lowest BCUT2D eigenvalue weighted by Crippen LogP contribution is -2.08. The maximum absolute atomic E-state index is 14.1. The van der Waals surface area contributed by atoms with Gasteiger partial charge in [0.15, 0.2) is 5.82 Å². The van der Waals surface area contributed by atoms with Crippen LogP contribution in [0.25, 0.3) is 5.69 Å². The number of aromatic nitrogens is 2. The van der Waals surface area contributed by atoms with Gasteiger partial charge in [-0.2, -0.15) is 5.10 Å². The first-order valence-corrected chi connectivity index (χ1v) is 8.00. The number of nitrogens with one attached hydrogen (secondary N) is 1. The van der Waals surface area contributed by atoms with Gasteiger partial charge >= 0.3 is 0 Å². The fourth-order valence-electron chi connectivity index (χ4n) is 2.95. The summed E-state index contributed by atoms with van der Waals surface area (Å²) in [5.74, 6) is -0.286. The number of nitrogens with zero attached hydrogens (tertiary/aromatic N) is 2. The van der Waals surface area contributed by atoms with Gasteiger partial charge in [-0.25, -0.2) is 13.5 Å². The van der Waals surface area contributed by atoms with Crippen LogP contribution in [0.3, 0.4) is 0 Å². The Morgan fingerprint density at radius 3 is 2.91 bits per heavy atom. The van der Waals surface area contributed by atoms with E-state index in [1.807, 2.05) is 0 Å². The first-order chi connectivity index (χ1) is 10.7. The Kier molecular flexibility index (Phi) is 4.41. The van der Waals surface area contributed by atoms with E-state index in [-0.39, 0.29) is 0 Å². The van der Waals surface area contributed by atoms with Gasteiger partial charge in [-0.1, -0.05) is 13.3 Å². The predicted octanol–water partition coefficient (Wildman–Crippen LogP) is 4.24. The zero-order chi connectivity index (χ0) is 15.5. The molecule has 1 N–H and O–H groups in total. The number of hydrogen-bond donors (Lipinski definition) is 1. The Labute approximate surface area is 129 Å². The number of aryl methyl sites for hydroxylation is 1. The van der Waals surface area contributed by atoms with Crippen molar-refractivity contribution in [1.82, 2.24) is 9.78 Å². The molecule has 0 amide bonds. The predicted molar refractivity (Wildman–Crippen MR) is 83.5 cm³/mol. The molecule has 0 spiro atoms. The Morgan fingerprint density at radius 1 is 1.27 bits per heavy atom. The van der Waals surface area contributed by atoms with E-state index in [0.717, 1.165) is 62.6 Å². The SMILES string of the molecule is CCCCc1nn(-c2ccc(F)cc2F)c2c1CCCCN2. The molecule has 1 aliphatic heterocycles. The third-order valence-electron chi connectivity index (χ3n) is 4.12. The topological polar surface area (TPSA) is 29.9 Å². The fraction of sp³-hybridized carbons (Fsp3) is 0.471. The lowest BCUT2D eigenvalue weighted by Gasteiger charge is -2.10. The molecule has 2 heterocycles. The van der Waals surface area contributed by atoms with Crippen molar-refractivity contribution in [3.8, 4) is 5.69 Å². The first kappa shape index (κ1) is 15.0. The Bertz CT molecular complexity index is 664. The largest absolute Gasteiger partial charge is 0.370 e. The minimum absolute atomic E-state index is 0.301. The van der Waals surface area contributed by atoms with Crippen LogP contribution in [0.4, 0.5) is 14.6 Å². The minimum atomic E-state index is -0.585. The van der Waals surface area contributed by atoms with Gasteiger partial charge in [0.2, 0.25) is 0 Å². The molecule has 0 radical (unpaired) electrons. The van der Waals surface area contributed by atoms with Crippen molar-refractivity contribution in [2.45, 2.75) is 45.4 Å². The second kappa shape index (κ2) is 6.46. The molecule has 0 saturated carbocycles. The Morgan fingerprint density at radius 2 is 2.14 bits per heavy atom. The molecule has 22 heavy (non-hydrogen) atoms. The summed E-state index contributed by atoms with van der Waals surface area (Å²) in [5.41, 5.74) is 2.53.